The third-order valence-electron chi connectivity index (χ3n) is 2.20. The van der Waals surface area contributed by atoms with Crippen LogP contribution in [-0.2, 0) is 0 Å². The molecule has 0 saturated carbocycles. The van der Waals surface area contributed by atoms with E-state index in [9.17, 15) is 0 Å². The Morgan fingerprint density at radius 3 is 2.27 bits per heavy atom. The molecule has 0 aliphatic carbocycles. The highest BCUT2D eigenvalue weighted by Crippen LogP contribution is 2.19. The van der Waals surface area contributed by atoms with Crippen LogP contribution >= 0.6 is 0 Å². The molecular weight excluding hydrogens is 134 g/mol. The molecule has 1 heteroatoms. The fraction of sp³-hybridized carbons (Fsp3) is 0.800. The molecule has 0 aliphatic heterocycles. The zero-order valence-corrected chi connectivity index (χ0v) is 8.28. The predicted octanol–water partition coefficient (Wildman–Crippen LogP) is 2.44. The quantitative estimate of drug-likeness (QED) is 0.601. The van der Waals surface area contributed by atoms with Crippen LogP contribution in [0, 0.1) is 11.8 Å². The summed E-state index contributed by atoms with van der Waals surface area (Å²) in [5.41, 5.74) is 1.38. The van der Waals surface area contributed by atoms with Gasteiger partial charge in [-0.2, -0.15) is 0 Å². The largest absolute Gasteiger partial charge is 0.320 e. The summed E-state index contributed by atoms with van der Waals surface area (Å²) in [6.07, 6.45) is 1.20. The Hall–Kier alpha value is -0.300. The summed E-state index contributed by atoms with van der Waals surface area (Å²) >= 11 is 0. The van der Waals surface area contributed by atoms with Crippen LogP contribution in [0.25, 0.3) is 0 Å². The van der Waals surface area contributed by atoms with Crippen molar-refractivity contribution >= 4 is 0 Å². The van der Waals surface area contributed by atoms with Gasteiger partial charge in [0.15, 0.2) is 0 Å². The van der Waals surface area contributed by atoms with Gasteiger partial charge in [-0.15, -0.1) is 0 Å². The number of allylic oxidation sites excluding steroid dienone is 1. The highest BCUT2D eigenvalue weighted by atomic mass is 14.8. The van der Waals surface area contributed by atoms with E-state index >= 15 is 0 Å². The summed E-state index contributed by atoms with van der Waals surface area (Å²) in [5, 5.41) is 3.15. The first-order valence-corrected chi connectivity index (χ1v) is 4.42. The maximum Gasteiger partial charge on any atom is -0.00463 e. The van der Waals surface area contributed by atoms with Gasteiger partial charge in [-0.1, -0.05) is 32.9 Å². The van der Waals surface area contributed by atoms with E-state index in [0.717, 1.165) is 6.54 Å². The average Bonchev–Trinajstić information content (AvgIpc) is 1.98. The monoisotopic (exact) mass is 155 g/mol. The van der Waals surface area contributed by atoms with Gasteiger partial charge >= 0.3 is 0 Å². The lowest BCUT2D eigenvalue weighted by Crippen LogP contribution is -2.14. The summed E-state index contributed by atoms with van der Waals surface area (Å²) in [6.45, 7) is 11.8. The normalized spacial score (nSPS) is 13.5. The molecule has 0 amide bonds. The predicted molar refractivity (Wildman–Crippen MR) is 51.7 cm³/mol. The number of hydrogen-bond donors (Lipinski definition) is 1. The number of rotatable bonds is 5. The van der Waals surface area contributed by atoms with E-state index in [2.05, 4.69) is 32.7 Å². The molecule has 1 nitrogen and oxygen atoms in total. The highest BCUT2D eigenvalue weighted by Gasteiger charge is 2.08. The zero-order chi connectivity index (χ0) is 8.85. The Kier molecular flexibility index (Phi) is 5.22. The molecule has 0 radical (unpaired) electrons. The molecule has 1 atom stereocenters. The van der Waals surface area contributed by atoms with Gasteiger partial charge in [0.2, 0.25) is 0 Å². The minimum absolute atomic E-state index is 0.627. The van der Waals surface area contributed by atoms with Crippen molar-refractivity contribution in [3.63, 3.8) is 0 Å². The fourth-order valence-electron chi connectivity index (χ4n) is 1.12. The Balaban J connectivity index is 3.64. The molecule has 1 N–H and O–H groups in total. The van der Waals surface area contributed by atoms with Gasteiger partial charge in [0.05, 0.1) is 0 Å². The Bertz CT molecular complexity index is 116. The van der Waals surface area contributed by atoms with Crippen LogP contribution in [0.3, 0.4) is 0 Å². The average molecular weight is 155 g/mol. The summed E-state index contributed by atoms with van der Waals surface area (Å²) < 4.78 is 0. The number of nitrogens with one attached hydrogen (secondary N) is 1. The van der Waals surface area contributed by atoms with Crippen molar-refractivity contribution in [3.8, 4) is 0 Å². The lowest BCUT2D eigenvalue weighted by Gasteiger charge is -2.17. The van der Waals surface area contributed by atoms with Gasteiger partial charge in [0.1, 0.15) is 0 Å². The SMILES string of the molecule is C=C(C(C)C)C(C)CCNC. The minimum Gasteiger partial charge on any atom is -0.320 e. The fourth-order valence-corrected chi connectivity index (χ4v) is 1.12. The molecule has 0 heterocycles. The van der Waals surface area contributed by atoms with Crippen molar-refractivity contribution in [2.75, 3.05) is 13.6 Å². The maximum absolute atomic E-state index is 4.08. The summed E-state index contributed by atoms with van der Waals surface area (Å²) in [4.78, 5) is 0. The molecule has 1 unspecified atom stereocenters. The molecule has 0 saturated heterocycles. The lowest BCUT2D eigenvalue weighted by atomic mass is 9.90. The van der Waals surface area contributed by atoms with Crippen LogP contribution < -0.4 is 5.32 Å². The van der Waals surface area contributed by atoms with Crippen molar-refractivity contribution in [1.29, 1.82) is 0 Å². The smallest absolute Gasteiger partial charge is 0.00463 e. The van der Waals surface area contributed by atoms with E-state index in [1.54, 1.807) is 0 Å². The molecule has 0 spiro atoms. The molecule has 0 aromatic heterocycles. The first-order valence-electron chi connectivity index (χ1n) is 4.42. The molecule has 0 aromatic rings. The van der Waals surface area contributed by atoms with Gasteiger partial charge in [-0.05, 0) is 31.8 Å². The first-order chi connectivity index (χ1) is 5.09. The lowest BCUT2D eigenvalue weighted by molar-refractivity contribution is 0.533. The van der Waals surface area contributed by atoms with Crippen LogP contribution in [0.1, 0.15) is 27.2 Å². The van der Waals surface area contributed by atoms with Crippen LogP contribution in [0.2, 0.25) is 0 Å². The van der Waals surface area contributed by atoms with E-state index in [0.29, 0.717) is 11.8 Å². The van der Waals surface area contributed by atoms with Crippen molar-refractivity contribution in [1.82, 2.24) is 5.32 Å². The summed E-state index contributed by atoms with van der Waals surface area (Å²) in [6, 6.07) is 0. The molecule has 0 rings (SSSR count). The van der Waals surface area contributed by atoms with E-state index in [1.165, 1.54) is 12.0 Å². The molecule has 11 heavy (non-hydrogen) atoms. The van der Waals surface area contributed by atoms with Gasteiger partial charge in [-0.25, -0.2) is 0 Å². The van der Waals surface area contributed by atoms with Crippen LogP contribution in [0.15, 0.2) is 12.2 Å². The molecule has 0 bridgehead atoms. The standard InChI is InChI=1S/C10H21N/c1-8(2)10(4)9(3)6-7-11-5/h8-9,11H,4,6-7H2,1-3,5H3. The first kappa shape index (κ1) is 10.7. The van der Waals surface area contributed by atoms with E-state index in [1.807, 2.05) is 7.05 Å². The summed E-state index contributed by atoms with van der Waals surface area (Å²) in [5.74, 6) is 1.28. The van der Waals surface area contributed by atoms with E-state index < -0.39 is 0 Å². The molecule has 0 aliphatic rings. The Morgan fingerprint density at radius 2 is 1.91 bits per heavy atom. The van der Waals surface area contributed by atoms with Crippen LogP contribution in [-0.4, -0.2) is 13.6 Å². The molecule has 66 valence electrons. The topological polar surface area (TPSA) is 12.0 Å². The van der Waals surface area contributed by atoms with Crippen molar-refractivity contribution in [2.45, 2.75) is 27.2 Å². The summed E-state index contributed by atoms with van der Waals surface area (Å²) in [7, 11) is 1.99. The van der Waals surface area contributed by atoms with Crippen LogP contribution in [0.4, 0.5) is 0 Å². The second-order valence-electron chi connectivity index (χ2n) is 3.52. The van der Waals surface area contributed by atoms with Crippen molar-refractivity contribution < 1.29 is 0 Å². The molecular formula is C10H21N. The Labute approximate surface area is 70.9 Å². The van der Waals surface area contributed by atoms with Crippen molar-refractivity contribution in [3.05, 3.63) is 12.2 Å². The molecule has 0 aromatic carbocycles. The van der Waals surface area contributed by atoms with Crippen molar-refractivity contribution in [2.24, 2.45) is 11.8 Å². The van der Waals surface area contributed by atoms with Gasteiger partial charge in [-0.3, -0.25) is 0 Å². The number of hydrogen-bond acceptors (Lipinski definition) is 1. The van der Waals surface area contributed by atoms with Crippen LogP contribution in [0.5, 0.6) is 0 Å². The second-order valence-corrected chi connectivity index (χ2v) is 3.52. The third kappa shape index (κ3) is 4.20. The second kappa shape index (κ2) is 5.36. The maximum atomic E-state index is 4.08. The zero-order valence-electron chi connectivity index (χ0n) is 8.28. The van der Waals surface area contributed by atoms with Gasteiger partial charge in [0, 0.05) is 0 Å². The van der Waals surface area contributed by atoms with Gasteiger partial charge in [0.25, 0.3) is 0 Å². The molecule has 0 fully saturated rings. The van der Waals surface area contributed by atoms with E-state index in [-0.39, 0.29) is 0 Å². The third-order valence-corrected chi connectivity index (χ3v) is 2.20. The highest BCUT2D eigenvalue weighted by molar-refractivity contribution is 5.01. The minimum atomic E-state index is 0.627. The Morgan fingerprint density at radius 1 is 1.36 bits per heavy atom. The van der Waals surface area contributed by atoms with E-state index in [4.69, 9.17) is 0 Å². The van der Waals surface area contributed by atoms with Gasteiger partial charge < -0.3 is 5.32 Å².